The van der Waals surface area contributed by atoms with Crippen LogP contribution in [0.3, 0.4) is 0 Å². The Hall–Kier alpha value is -1.20. The summed E-state index contributed by atoms with van der Waals surface area (Å²) >= 11 is 0. The lowest BCUT2D eigenvalue weighted by Gasteiger charge is -2.28. The summed E-state index contributed by atoms with van der Waals surface area (Å²) in [6, 6.07) is 0. The van der Waals surface area contributed by atoms with Gasteiger partial charge in [0.2, 0.25) is 0 Å². The van der Waals surface area contributed by atoms with Crippen molar-refractivity contribution in [1.82, 2.24) is 10.2 Å². The van der Waals surface area contributed by atoms with Crippen molar-refractivity contribution in [2.45, 2.75) is 52.7 Å². The Kier molecular flexibility index (Phi) is 5.26. The molecule has 108 valence electrons. The van der Waals surface area contributed by atoms with Crippen LogP contribution in [-0.2, 0) is 19.4 Å². The molecule has 5 heteroatoms. The minimum atomic E-state index is -0.780. The van der Waals surface area contributed by atoms with Gasteiger partial charge in [-0.05, 0) is 32.3 Å². The van der Waals surface area contributed by atoms with Crippen LogP contribution >= 0.6 is 0 Å². The summed E-state index contributed by atoms with van der Waals surface area (Å²) in [6.07, 6.45) is 1.76. The fourth-order valence-corrected chi connectivity index (χ4v) is 2.42. The highest BCUT2D eigenvalue weighted by atomic mass is 16.3. The Balaban J connectivity index is 3.21. The second-order valence-electron chi connectivity index (χ2n) is 5.51. The zero-order chi connectivity index (χ0) is 14.6. The first-order valence-electron chi connectivity index (χ1n) is 6.84. The molecule has 3 N–H and O–H groups in total. The van der Waals surface area contributed by atoms with Crippen LogP contribution in [0.2, 0.25) is 0 Å². The van der Waals surface area contributed by atoms with Crippen molar-refractivity contribution < 1.29 is 5.11 Å². The van der Waals surface area contributed by atoms with Gasteiger partial charge in [0.15, 0.2) is 5.82 Å². The molecule has 0 aromatic carbocycles. The second kappa shape index (κ2) is 6.30. The molecule has 0 spiro atoms. The maximum absolute atomic E-state index is 9.92. The zero-order valence-corrected chi connectivity index (χ0v) is 12.7. The summed E-state index contributed by atoms with van der Waals surface area (Å²) < 4.78 is 0. The van der Waals surface area contributed by atoms with Crippen LogP contribution in [0.25, 0.3) is 0 Å². The molecular formula is C14H26N4O. The van der Waals surface area contributed by atoms with Crippen LogP contribution in [0.1, 0.15) is 44.5 Å². The van der Waals surface area contributed by atoms with Crippen LogP contribution in [0.5, 0.6) is 0 Å². The molecule has 1 rings (SSSR count). The van der Waals surface area contributed by atoms with Crippen LogP contribution in [0, 0.1) is 0 Å². The molecule has 0 unspecified atom stereocenters. The average molecular weight is 266 g/mol. The van der Waals surface area contributed by atoms with E-state index in [1.54, 1.807) is 13.8 Å². The number of rotatable bonds is 6. The summed E-state index contributed by atoms with van der Waals surface area (Å²) in [5.41, 5.74) is 8.37. The number of anilines is 1. The SMILES string of the molecule is CCc1nnc(N(C)CC(C)(C)O)c(CN)c1CC. The summed E-state index contributed by atoms with van der Waals surface area (Å²) in [5.74, 6) is 0.777. The Labute approximate surface area is 115 Å². The third kappa shape index (κ3) is 3.88. The topological polar surface area (TPSA) is 75.3 Å². The zero-order valence-electron chi connectivity index (χ0n) is 12.7. The molecule has 1 aromatic rings. The summed E-state index contributed by atoms with van der Waals surface area (Å²) in [5, 5.41) is 18.5. The number of nitrogens with zero attached hydrogens (tertiary/aromatic N) is 3. The maximum Gasteiger partial charge on any atom is 0.155 e. The molecule has 0 radical (unpaired) electrons. The van der Waals surface area contributed by atoms with Gasteiger partial charge in [-0.1, -0.05) is 13.8 Å². The van der Waals surface area contributed by atoms with Gasteiger partial charge in [0.1, 0.15) is 0 Å². The molecule has 0 bridgehead atoms. The Morgan fingerprint density at radius 1 is 1.16 bits per heavy atom. The second-order valence-corrected chi connectivity index (χ2v) is 5.51. The monoisotopic (exact) mass is 266 g/mol. The van der Waals surface area contributed by atoms with E-state index in [0.29, 0.717) is 13.1 Å². The molecule has 0 aliphatic carbocycles. The molecule has 19 heavy (non-hydrogen) atoms. The van der Waals surface area contributed by atoms with Crippen molar-refractivity contribution >= 4 is 5.82 Å². The first-order valence-corrected chi connectivity index (χ1v) is 6.84. The van der Waals surface area contributed by atoms with Gasteiger partial charge in [0, 0.05) is 25.7 Å². The number of aliphatic hydroxyl groups is 1. The number of hydrogen-bond acceptors (Lipinski definition) is 5. The highest BCUT2D eigenvalue weighted by Gasteiger charge is 2.21. The Morgan fingerprint density at radius 3 is 2.21 bits per heavy atom. The molecule has 0 saturated carbocycles. The first-order chi connectivity index (χ1) is 8.84. The molecular weight excluding hydrogens is 240 g/mol. The maximum atomic E-state index is 9.92. The number of aryl methyl sites for hydroxylation is 1. The molecule has 0 amide bonds. The van der Waals surface area contributed by atoms with Crippen LogP contribution in [-0.4, -0.2) is 34.5 Å². The molecule has 0 aliphatic heterocycles. The van der Waals surface area contributed by atoms with E-state index in [4.69, 9.17) is 5.73 Å². The van der Waals surface area contributed by atoms with E-state index in [0.717, 1.165) is 29.9 Å². The van der Waals surface area contributed by atoms with Gasteiger partial charge in [0.05, 0.1) is 11.3 Å². The first kappa shape index (κ1) is 15.9. The van der Waals surface area contributed by atoms with Crippen molar-refractivity contribution in [2.24, 2.45) is 5.73 Å². The van der Waals surface area contributed by atoms with E-state index in [1.165, 1.54) is 5.56 Å². The van der Waals surface area contributed by atoms with Crippen LogP contribution < -0.4 is 10.6 Å². The summed E-state index contributed by atoms with van der Waals surface area (Å²) in [6.45, 7) is 8.67. The summed E-state index contributed by atoms with van der Waals surface area (Å²) in [4.78, 5) is 1.92. The third-order valence-electron chi connectivity index (χ3n) is 3.13. The van der Waals surface area contributed by atoms with E-state index in [-0.39, 0.29) is 0 Å². The van der Waals surface area contributed by atoms with E-state index >= 15 is 0 Å². The van der Waals surface area contributed by atoms with E-state index in [2.05, 4.69) is 24.0 Å². The van der Waals surface area contributed by atoms with Gasteiger partial charge in [-0.25, -0.2) is 0 Å². The Morgan fingerprint density at radius 2 is 1.79 bits per heavy atom. The molecule has 0 fully saturated rings. The predicted molar refractivity (Wildman–Crippen MR) is 78.2 cm³/mol. The highest BCUT2D eigenvalue weighted by Crippen LogP contribution is 2.23. The molecule has 1 aromatic heterocycles. The average Bonchev–Trinajstić information content (AvgIpc) is 2.34. The number of aromatic nitrogens is 2. The van der Waals surface area contributed by atoms with Gasteiger partial charge >= 0.3 is 0 Å². The van der Waals surface area contributed by atoms with Crippen molar-refractivity contribution in [2.75, 3.05) is 18.5 Å². The van der Waals surface area contributed by atoms with Gasteiger partial charge < -0.3 is 15.7 Å². The quantitative estimate of drug-likeness (QED) is 0.811. The molecule has 0 saturated heterocycles. The van der Waals surface area contributed by atoms with Crippen LogP contribution in [0.4, 0.5) is 5.82 Å². The normalized spacial score (nSPS) is 11.7. The third-order valence-corrected chi connectivity index (χ3v) is 3.13. The number of likely N-dealkylation sites (N-methyl/N-ethyl adjacent to an activating group) is 1. The molecule has 1 heterocycles. The minimum absolute atomic E-state index is 0.442. The predicted octanol–water partition coefficient (Wildman–Crippen LogP) is 1.27. The fraction of sp³-hybridized carbons (Fsp3) is 0.714. The van der Waals surface area contributed by atoms with Gasteiger partial charge in [0.25, 0.3) is 0 Å². The largest absolute Gasteiger partial charge is 0.389 e. The van der Waals surface area contributed by atoms with Crippen molar-refractivity contribution in [3.8, 4) is 0 Å². The van der Waals surface area contributed by atoms with Crippen molar-refractivity contribution in [1.29, 1.82) is 0 Å². The minimum Gasteiger partial charge on any atom is -0.389 e. The lowest BCUT2D eigenvalue weighted by atomic mass is 10.0. The molecule has 0 aliphatic rings. The smallest absolute Gasteiger partial charge is 0.155 e. The lowest BCUT2D eigenvalue weighted by Crippen LogP contribution is -2.37. The van der Waals surface area contributed by atoms with Gasteiger partial charge in [-0.2, -0.15) is 5.10 Å². The standard InChI is InChI=1S/C14H26N4O/c1-6-10-11(8-15)13(17-16-12(10)7-2)18(5)9-14(3,4)19/h19H,6-9,15H2,1-5H3. The van der Waals surface area contributed by atoms with E-state index < -0.39 is 5.60 Å². The molecule has 0 atom stereocenters. The molecule has 5 nitrogen and oxygen atoms in total. The van der Waals surface area contributed by atoms with Gasteiger partial charge in [-0.15, -0.1) is 5.10 Å². The van der Waals surface area contributed by atoms with Crippen molar-refractivity contribution in [3.63, 3.8) is 0 Å². The number of hydrogen-bond donors (Lipinski definition) is 2. The van der Waals surface area contributed by atoms with Gasteiger partial charge in [-0.3, -0.25) is 0 Å². The lowest BCUT2D eigenvalue weighted by molar-refractivity contribution is 0.0884. The van der Waals surface area contributed by atoms with E-state index in [1.807, 2.05) is 11.9 Å². The fourth-order valence-electron chi connectivity index (χ4n) is 2.42. The highest BCUT2D eigenvalue weighted by molar-refractivity contribution is 5.51. The summed E-state index contributed by atoms with van der Waals surface area (Å²) in [7, 11) is 1.91. The number of nitrogens with two attached hydrogens (primary N) is 1. The Bertz CT molecular complexity index is 426. The van der Waals surface area contributed by atoms with Crippen LogP contribution in [0.15, 0.2) is 0 Å². The van der Waals surface area contributed by atoms with Crippen molar-refractivity contribution in [3.05, 3.63) is 16.8 Å². The van der Waals surface area contributed by atoms with E-state index in [9.17, 15) is 5.11 Å².